The van der Waals surface area contributed by atoms with Crippen molar-refractivity contribution in [2.45, 2.75) is 135 Å². The van der Waals surface area contributed by atoms with Gasteiger partial charge in [-0.15, -0.1) is 0 Å². The number of unbranched alkanes of at least 4 members (excludes halogenated alkanes) is 10. The molecule has 2 N–H and O–H groups in total. The molecule has 0 fully saturated rings. The molecular formula is C31H54O6. The van der Waals surface area contributed by atoms with Crippen molar-refractivity contribution in [2.75, 3.05) is 13.2 Å². The van der Waals surface area contributed by atoms with E-state index in [4.69, 9.17) is 9.47 Å². The van der Waals surface area contributed by atoms with Gasteiger partial charge in [-0.25, -0.2) is 0 Å². The monoisotopic (exact) mass is 522 g/mol. The van der Waals surface area contributed by atoms with Gasteiger partial charge in [-0.3, -0.25) is 9.59 Å². The Hall–Kier alpha value is -1.92. The van der Waals surface area contributed by atoms with Crippen LogP contribution in [0.4, 0.5) is 0 Å². The molecular weight excluding hydrogens is 468 g/mol. The zero-order chi connectivity index (χ0) is 27.4. The number of aliphatic hydroxyl groups is 2. The van der Waals surface area contributed by atoms with E-state index in [1.807, 2.05) is 18.2 Å². The molecule has 0 radical (unpaired) electrons. The number of esters is 2. The van der Waals surface area contributed by atoms with Crippen LogP contribution in [0.15, 0.2) is 36.5 Å². The summed E-state index contributed by atoms with van der Waals surface area (Å²) in [5, 5.41) is 19.9. The van der Waals surface area contributed by atoms with E-state index in [-0.39, 0.29) is 25.2 Å². The van der Waals surface area contributed by atoms with Gasteiger partial charge in [0.2, 0.25) is 0 Å². The molecule has 0 amide bonds. The first-order chi connectivity index (χ1) is 18.0. The normalized spacial score (nSPS) is 13.5. The lowest BCUT2D eigenvalue weighted by Gasteiger charge is -2.12. The maximum atomic E-state index is 11.8. The Morgan fingerprint density at radius 1 is 0.676 bits per heavy atom. The van der Waals surface area contributed by atoms with Crippen LogP contribution in [0.2, 0.25) is 0 Å². The van der Waals surface area contributed by atoms with Gasteiger partial charge in [0, 0.05) is 12.8 Å². The molecule has 0 aromatic heterocycles. The molecule has 1 unspecified atom stereocenters. The summed E-state index contributed by atoms with van der Waals surface area (Å²) in [7, 11) is 0. The number of hydrogen-bond acceptors (Lipinski definition) is 6. The highest BCUT2D eigenvalue weighted by molar-refractivity contribution is 5.69. The van der Waals surface area contributed by atoms with E-state index in [2.05, 4.69) is 32.1 Å². The molecule has 0 saturated heterocycles. The summed E-state index contributed by atoms with van der Waals surface area (Å²) in [6.45, 7) is 4.01. The first-order valence-corrected chi connectivity index (χ1v) is 14.6. The van der Waals surface area contributed by atoms with Crippen molar-refractivity contribution in [1.29, 1.82) is 0 Å². The molecule has 0 rings (SSSR count). The molecule has 6 nitrogen and oxygen atoms in total. The second-order valence-electron chi connectivity index (χ2n) is 9.69. The fraction of sp³-hybridized carbons (Fsp3) is 0.742. The molecule has 0 bridgehead atoms. The van der Waals surface area contributed by atoms with Gasteiger partial charge in [-0.1, -0.05) is 115 Å². The van der Waals surface area contributed by atoms with E-state index in [1.165, 1.54) is 25.7 Å². The quantitative estimate of drug-likeness (QED) is 0.0573. The Morgan fingerprint density at radius 3 is 1.78 bits per heavy atom. The van der Waals surface area contributed by atoms with Crippen LogP contribution in [0.5, 0.6) is 0 Å². The number of carbonyl (C=O) groups excluding carboxylic acids is 2. The SMILES string of the molecule is CC/C=C/C/C=C/C=C/C(O)CCCCCCCC(=O)OC[C@@H](O)COC(=O)CCCCCCCCC. The topological polar surface area (TPSA) is 93.1 Å². The van der Waals surface area contributed by atoms with Gasteiger partial charge in [0.1, 0.15) is 19.3 Å². The third kappa shape index (κ3) is 26.9. The Bertz CT molecular complexity index is 625. The molecule has 37 heavy (non-hydrogen) atoms. The van der Waals surface area contributed by atoms with Crippen LogP contribution in [-0.2, 0) is 19.1 Å². The predicted octanol–water partition coefficient (Wildman–Crippen LogP) is 7.13. The van der Waals surface area contributed by atoms with E-state index in [9.17, 15) is 19.8 Å². The van der Waals surface area contributed by atoms with Gasteiger partial charge < -0.3 is 19.7 Å². The van der Waals surface area contributed by atoms with Crippen molar-refractivity contribution in [2.24, 2.45) is 0 Å². The lowest BCUT2D eigenvalue weighted by Crippen LogP contribution is -2.25. The van der Waals surface area contributed by atoms with Gasteiger partial charge in [0.05, 0.1) is 6.10 Å². The zero-order valence-corrected chi connectivity index (χ0v) is 23.6. The smallest absolute Gasteiger partial charge is 0.305 e. The summed E-state index contributed by atoms with van der Waals surface area (Å²) in [4.78, 5) is 23.6. The predicted molar refractivity (Wildman–Crippen MR) is 151 cm³/mol. The van der Waals surface area contributed by atoms with Gasteiger partial charge in [0.15, 0.2) is 0 Å². The Kier molecular flexibility index (Phi) is 25.7. The molecule has 0 aromatic rings. The van der Waals surface area contributed by atoms with Crippen LogP contribution in [0.1, 0.15) is 123 Å². The first kappa shape index (κ1) is 35.1. The number of rotatable bonds is 25. The van der Waals surface area contributed by atoms with Crippen LogP contribution in [0, 0.1) is 0 Å². The molecule has 0 heterocycles. The summed E-state index contributed by atoms with van der Waals surface area (Å²) in [6, 6.07) is 0. The molecule has 2 atom stereocenters. The molecule has 6 heteroatoms. The molecule has 0 aliphatic heterocycles. The summed E-state index contributed by atoms with van der Waals surface area (Å²) in [5.74, 6) is -0.651. The van der Waals surface area contributed by atoms with Gasteiger partial charge in [-0.2, -0.15) is 0 Å². The third-order valence-electron chi connectivity index (χ3n) is 5.99. The average Bonchev–Trinajstić information content (AvgIpc) is 2.89. The Labute approximate surface area is 226 Å². The van der Waals surface area contributed by atoms with Crippen LogP contribution < -0.4 is 0 Å². The zero-order valence-electron chi connectivity index (χ0n) is 23.6. The van der Waals surface area contributed by atoms with Crippen LogP contribution >= 0.6 is 0 Å². The van der Waals surface area contributed by atoms with Crippen molar-refractivity contribution in [3.05, 3.63) is 36.5 Å². The number of hydrogen-bond donors (Lipinski definition) is 2. The van der Waals surface area contributed by atoms with E-state index in [1.54, 1.807) is 0 Å². The minimum Gasteiger partial charge on any atom is -0.463 e. The van der Waals surface area contributed by atoms with Gasteiger partial charge in [-0.05, 0) is 32.1 Å². The number of ether oxygens (including phenoxy) is 2. The van der Waals surface area contributed by atoms with Crippen molar-refractivity contribution < 1.29 is 29.3 Å². The Balaban J connectivity index is 3.60. The number of carbonyl (C=O) groups is 2. The van der Waals surface area contributed by atoms with E-state index < -0.39 is 12.2 Å². The average molecular weight is 523 g/mol. The maximum absolute atomic E-state index is 11.8. The molecule has 0 aliphatic carbocycles. The van der Waals surface area contributed by atoms with E-state index in [0.29, 0.717) is 12.8 Å². The molecule has 0 aliphatic rings. The van der Waals surface area contributed by atoms with Crippen molar-refractivity contribution in [1.82, 2.24) is 0 Å². The van der Waals surface area contributed by atoms with Crippen LogP contribution in [0.25, 0.3) is 0 Å². The van der Waals surface area contributed by atoms with Crippen molar-refractivity contribution >= 4 is 11.9 Å². The highest BCUT2D eigenvalue weighted by atomic mass is 16.6. The number of allylic oxidation sites excluding steroid dienone is 5. The minimum atomic E-state index is -0.990. The second kappa shape index (κ2) is 27.1. The lowest BCUT2D eigenvalue weighted by atomic mass is 10.1. The number of aliphatic hydroxyl groups excluding tert-OH is 2. The highest BCUT2D eigenvalue weighted by Gasteiger charge is 2.12. The largest absolute Gasteiger partial charge is 0.463 e. The van der Waals surface area contributed by atoms with E-state index >= 15 is 0 Å². The first-order valence-electron chi connectivity index (χ1n) is 14.6. The van der Waals surface area contributed by atoms with Crippen LogP contribution in [-0.4, -0.2) is 47.6 Å². The third-order valence-corrected chi connectivity index (χ3v) is 5.99. The fourth-order valence-corrected chi connectivity index (χ4v) is 3.74. The highest BCUT2D eigenvalue weighted by Crippen LogP contribution is 2.11. The molecule has 0 spiro atoms. The maximum Gasteiger partial charge on any atom is 0.305 e. The molecule has 0 saturated carbocycles. The minimum absolute atomic E-state index is 0.143. The van der Waals surface area contributed by atoms with Crippen molar-refractivity contribution in [3.8, 4) is 0 Å². The summed E-state index contributed by atoms with van der Waals surface area (Å²) < 4.78 is 10.2. The fourth-order valence-electron chi connectivity index (χ4n) is 3.74. The molecule has 214 valence electrons. The lowest BCUT2D eigenvalue weighted by molar-refractivity contribution is -0.152. The van der Waals surface area contributed by atoms with Crippen LogP contribution in [0.3, 0.4) is 0 Å². The van der Waals surface area contributed by atoms with Crippen molar-refractivity contribution in [3.63, 3.8) is 0 Å². The molecule has 0 aromatic carbocycles. The summed E-state index contributed by atoms with van der Waals surface area (Å²) >= 11 is 0. The summed E-state index contributed by atoms with van der Waals surface area (Å²) in [6.07, 6.45) is 26.6. The standard InChI is InChI=1S/C31H54O6/c1-3-5-7-9-11-14-18-22-28(32)23-19-15-13-17-21-25-31(35)37-27-29(33)26-36-30(34)24-20-16-12-10-8-6-4-2/h5,7,11,14,18,22,28-29,32-33H,3-4,6,8-10,12-13,15-17,19-21,23-27H2,1-2H3/b7-5+,14-11+,22-18+/t28?,29-/m0/s1. The summed E-state index contributed by atoms with van der Waals surface area (Å²) in [5.41, 5.74) is 0. The van der Waals surface area contributed by atoms with Gasteiger partial charge in [0.25, 0.3) is 0 Å². The van der Waals surface area contributed by atoms with E-state index in [0.717, 1.165) is 70.6 Å². The van der Waals surface area contributed by atoms with Gasteiger partial charge >= 0.3 is 11.9 Å². The Morgan fingerprint density at radius 2 is 1.22 bits per heavy atom. The second-order valence-corrected chi connectivity index (χ2v) is 9.69.